The van der Waals surface area contributed by atoms with Crippen molar-refractivity contribution in [3.8, 4) is 5.75 Å². The Hall–Kier alpha value is -1.75. The van der Waals surface area contributed by atoms with E-state index < -0.39 is 0 Å². The normalized spacial score (nSPS) is 19.0. The second-order valence-corrected chi connectivity index (χ2v) is 4.44. The number of carbonyl (C=O) groups is 1. The van der Waals surface area contributed by atoms with E-state index in [1.807, 2.05) is 0 Å². The second-order valence-electron chi connectivity index (χ2n) is 4.44. The van der Waals surface area contributed by atoms with Crippen LogP contribution in [0, 0.1) is 0 Å². The summed E-state index contributed by atoms with van der Waals surface area (Å²) >= 11 is 0. The van der Waals surface area contributed by atoms with Gasteiger partial charge in [-0.25, -0.2) is 0 Å². The number of nitrogens with two attached hydrogens (primary N) is 1. The first-order chi connectivity index (χ1) is 8.67. The van der Waals surface area contributed by atoms with E-state index in [2.05, 4.69) is 0 Å². The fraction of sp³-hybridized carbons (Fsp3) is 0.462. The highest BCUT2D eigenvalue weighted by atomic mass is 16.5. The van der Waals surface area contributed by atoms with Crippen LogP contribution in [0.2, 0.25) is 0 Å². The number of hydrogen-bond donors (Lipinski definition) is 2. The Balaban J connectivity index is 2.30. The van der Waals surface area contributed by atoms with Crippen LogP contribution >= 0.6 is 0 Å². The van der Waals surface area contributed by atoms with Crippen molar-refractivity contribution in [3.05, 3.63) is 23.8 Å². The monoisotopic (exact) mass is 250 g/mol. The van der Waals surface area contributed by atoms with E-state index in [4.69, 9.17) is 10.5 Å². The fourth-order valence-corrected chi connectivity index (χ4v) is 2.34. The molecule has 1 aliphatic heterocycles. The summed E-state index contributed by atoms with van der Waals surface area (Å²) in [5.41, 5.74) is 6.69. The molecular formula is C13H18N2O3. The number of nitrogens with zero attached hydrogens (tertiary/aromatic N) is 1. The van der Waals surface area contributed by atoms with Crippen LogP contribution in [0.1, 0.15) is 23.2 Å². The average Bonchev–Trinajstić information content (AvgIpc) is 2.86. The lowest BCUT2D eigenvalue weighted by Crippen LogP contribution is -2.37. The molecule has 0 radical (unpaired) electrons. The molecule has 1 atom stereocenters. The van der Waals surface area contributed by atoms with Crippen LogP contribution in [0.15, 0.2) is 18.2 Å². The van der Waals surface area contributed by atoms with Crippen molar-refractivity contribution < 1.29 is 14.6 Å². The van der Waals surface area contributed by atoms with Gasteiger partial charge in [0.2, 0.25) is 0 Å². The van der Waals surface area contributed by atoms with Gasteiger partial charge in [-0.2, -0.15) is 0 Å². The Morgan fingerprint density at radius 3 is 3.06 bits per heavy atom. The number of amides is 1. The van der Waals surface area contributed by atoms with Gasteiger partial charge in [-0.3, -0.25) is 4.79 Å². The van der Waals surface area contributed by atoms with Crippen LogP contribution in [0.25, 0.3) is 0 Å². The summed E-state index contributed by atoms with van der Waals surface area (Å²) in [7, 11) is 1.52. The summed E-state index contributed by atoms with van der Waals surface area (Å²) in [6.45, 7) is 0.665. The van der Waals surface area contributed by atoms with Gasteiger partial charge < -0.3 is 20.5 Å². The number of aliphatic hydroxyl groups is 1. The predicted octanol–water partition coefficient (Wildman–Crippen LogP) is 0.874. The molecule has 1 aromatic carbocycles. The molecule has 5 nitrogen and oxygen atoms in total. The third-order valence-electron chi connectivity index (χ3n) is 3.30. The van der Waals surface area contributed by atoms with Gasteiger partial charge in [0.15, 0.2) is 0 Å². The molecular weight excluding hydrogens is 232 g/mol. The van der Waals surface area contributed by atoms with Gasteiger partial charge in [-0.15, -0.1) is 0 Å². The van der Waals surface area contributed by atoms with E-state index in [0.717, 1.165) is 12.8 Å². The number of rotatable bonds is 3. The maximum Gasteiger partial charge on any atom is 0.258 e. The van der Waals surface area contributed by atoms with Gasteiger partial charge in [0.05, 0.1) is 25.3 Å². The highest BCUT2D eigenvalue weighted by molar-refractivity contribution is 5.98. The summed E-state index contributed by atoms with van der Waals surface area (Å²) in [6, 6.07) is 4.91. The molecule has 1 fully saturated rings. The third kappa shape index (κ3) is 2.26. The van der Waals surface area contributed by atoms with E-state index in [-0.39, 0.29) is 18.6 Å². The fourth-order valence-electron chi connectivity index (χ4n) is 2.34. The molecule has 0 aliphatic carbocycles. The number of aliphatic hydroxyl groups excluding tert-OH is 1. The van der Waals surface area contributed by atoms with Crippen LogP contribution in [-0.2, 0) is 0 Å². The third-order valence-corrected chi connectivity index (χ3v) is 3.30. The smallest absolute Gasteiger partial charge is 0.258 e. The summed E-state index contributed by atoms with van der Waals surface area (Å²) < 4.78 is 5.18. The van der Waals surface area contributed by atoms with E-state index in [1.54, 1.807) is 23.1 Å². The lowest BCUT2D eigenvalue weighted by Gasteiger charge is -2.24. The van der Waals surface area contributed by atoms with Gasteiger partial charge in [-0.05, 0) is 31.0 Å². The van der Waals surface area contributed by atoms with E-state index >= 15 is 0 Å². The first-order valence-corrected chi connectivity index (χ1v) is 6.02. The predicted molar refractivity (Wildman–Crippen MR) is 68.6 cm³/mol. The number of anilines is 1. The summed E-state index contributed by atoms with van der Waals surface area (Å²) in [4.78, 5) is 14.1. The first kappa shape index (κ1) is 12.7. The molecule has 1 aliphatic rings. The molecule has 98 valence electrons. The molecule has 18 heavy (non-hydrogen) atoms. The van der Waals surface area contributed by atoms with Crippen molar-refractivity contribution in [1.82, 2.24) is 4.90 Å². The summed E-state index contributed by atoms with van der Waals surface area (Å²) in [5.74, 6) is 0.383. The molecule has 1 saturated heterocycles. The molecule has 0 saturated carbocycles. The molecule has 5 heteroatoms. The van der Waals surface area contributed by atoms with Crippen molar-refractivity contribution >= 4 is 11.6 Å². The largest absolute Gasteiger partial charge is 0.496 e. The Bertz CT molecular complexity index is 448. The minimum atomic E-state index is -0.129. The number of likely N-dealkylation sites (tertiary alicyclic amines) is 1. The number of carbonyl (C=O) groups excluding carboxylic acids is 1. The van der Waals surface area contributed by atoms with E-state index in [0.29, 0.717) is 23.5 Å². The highest BCUT2D eigenvalue weighted by Gasteiger charge is 2.30. The zero-order valence-corrected chi connectivity index (χ0v) is 10.4. The van der Waals surface area contributed by atoms with Crippen LogP contribution in [0.5, 0.6) is 5.75 Å². The van der Waals surface area contributed by atoms with Gasteiger partial charge in [0.25, 0.3) is 5.91 Å². The summed E-state index contributed by atoms with van der Waals surface area (Å²) in [5, 5.41) is 9.26. The quantitative estimate of drug-likeness (QED) is 0.781. The topological polar surface area (TPSA) is 75.8 Å². The van der Waals surface area contributed by atoms with Gasteiger partial charge in [0.1, 0.15) is 5.75 Å². The molecule has 0 aromatic heterocycles. The van der Waals surface area contributed by atoms with Crippen LogP contribution < -0.4 is 10.5 Å². The number of nitrogen functional groups attached to an aromatic ring is 1. The average molecular weight is 250 g/mol. The second kappa shape index (κ2) is 5.27. The minimum Gasteiger partial charge on any atom is -0.496 e. The van der Waals surface area contributed by atoms with Crippen LogP contribution in [0.4, 0.5) is 5.69 Å². The minimum absolute atomic E-state index is 0.00360. The Morgan fingerprint density at radius 1 is 1.61 bits per heavy atom. The standard InChI is InChI=1S/C13H18N2O3/c1-18-12-5-4-9(14)7-11(12)13(17)15-6-2-3-10(15)8-16/h4-5,7,10,16H,2-3,6,8,14H2,1H3/t10-/m0/s1. The molecule has 1 amide bonds. The van der Waals surface area contributed by atoms with Crippen LogP contribution in [0.3, 0.4) is 0 Å². The van der Waals surface area contributed by atoms with Crippen LogP contribution in [-0.4, -0.2) is 42.2 Å². The maximum atomic E-state index is 12.4. The molecule has 3 N–H and O–H groups in total. The van der Waals surface area contributed by atoms with Crippen molar-refractivity contribution in [2.75, 3.05) is 26.0 Å². The molecule has 0 spiro atoms. The number of hydrogen-bond acceptors (Lipinski definition) is 4. The summed E-state index contributed by atoms with van der Waals surface area (Å²) in [6.07, 6.45) is 1.76. The van der Waals surface area contributed by atoms with Crippen molar-refractivity contribution in [2.45, 2.75) is 18.9 Å². The number of benzene rings is 1. The van der Waals surface area contributed by atoms with Gasteiger partial charge in [0, 0.05) is 12.2 Å². The Kier molecular flexibility index (Phi) is 3.72. The highest BCUT2D eigenvalue weighted by Crippen LogP contribution is 2.26. The van der Waals surface area contributed by atoms with Gasteiger partial charge >= 0.3 is 0 Å². The zero-order chi connectivity index (χ0) is 13.1. The maximum absolute atomic E-state index is 12.4. The van der Waals surface area contributed by atoms with E-state index in [9.17, 15) is 9.90 Å². The van der Waals surface area contributed by atoms with Crippen molar-refractivity contribution in [1.29, 1.82) is 0 Å². The Labute approximate surface area is 106 Å². The lowest BCUT2D eigenvalue weighted by molar-refractivity contribution is 0.0674. The SMILES string of the molecule is COc1ccc(N)cc1C(=O)N1CCC[C@H]1CO. The molecule has 2 rings (SSSR count). The van der Waals surface area contributed by atoms with Gasteiger partial charge in [-0.1, -0.05) is 0 Å². The van der Waals surface area contributed by atoms with Crippen molar-refractivity contribution in [3.63, 3.8) is 0 Å². The first-order valence-electron chi connectivity index (χ1n) is 6.02. The Morgan fingerprint density at radius 2 is 2.39 bits per heavy atom. The number of methoxy groups -OCH3 is 1. The molecule has 0 unspecified atom stereocenters. The molecule has 1 heterocycles. The molecule has 1 aromatic rings. The molecule has 0 bridgehead atoms. The number of ether oxygens (including phenoxy) is 1. The zero-order valence-electron chi connectivity index (χ0n) is 10.4. The van der Waals surface area contributed by atoms with Crippen molar-refractivity contribution in [2.24, 2.45) is 0 Å². The van der Waals surface area contributed by atoms with E-state index in [1.165, 1.54) is 7.11 Å². The lowest BCUT2D eigenvalue weighted by atomic mass is 10.1.